The number of benzene rings is 1. The molecule has 0 fully saturated rings. The summed E-state index contributed by atoms with van der Waals surface area (Å²) in [6.45, 7) is -0.386. The SMILES string of the molecule is Nc1cnc(Oc2ccc3c(c2)c(=O)ncn3CC2=C(F)CC(F)C=C2F)c(C(F)(F)F)c1. The Morgan fingerprint density at radius 3 is 2.64 bits per heavy atom. The molecule has 1 unspecified atom stereocenters. The van der Waals surface area contributed by atoms with E-state index in [9.17, 15) is 31.1 Å². The van der Waals surface area contributed by atoms with Crippen LogP contribution < -0.4 is 16.0 Å². The average Bonchev–Trinajstić information content (AvgIpc) is 2.73. The van der Waals surface area contributed by atoms with Crippen LogP contribution in [0, 0.1) is 0 Å². The molecule has 0 radical (unpaired) electrons. The summed E-state index contributed by atoms with van der Waals surface area (Å²) in [5, 5.41) is -0.0800. The van der Waals surface area contributed by atoms with Gasteiger partial charge in [0.15, 0.2) is 0 Å². The lowest BCUT2D eigenvalue weighted by atomic mass is 10.0. The highest BCUT2D eigenvalue weighted by molar-refractivity contribution is 5.79. The molecular weight excluding hydrogens is 454 g/mol. The van der Waals surface area contributed by atoms with Gasteiger partial charge in [-0.05, 0) is 30.3 Å². The number of fused-ring (bicyclic) bond motifs is 1. The van der Waals surface area contributed by atoms with Crippen LogP contribution in [0.2, 0.25) is 0 Å². The Balaban J connectivity index is 1.72. The van der Waals surface area contributed by atoms with Crippen molar-refractivity contribution in [2.45, 2.75) is 25.3 Å². The summed E-state index contributed by atoms with van der Waals surface area (Å²) in [7, 11) is 0. The summed E-state index contributed by atoms with van der Waals surface area (Å²) in [4.78, 5) is 19.5. The fourth-order valence-corrected chi connectivity index (χ4v) is 3.32. The smallest absolute Gasteiger partial charge is 0.421 e. The van der Waals surface area contributed by atoms with E-state index in [0.717, 1.165) is 18.6 Å². The van der Waals surface area contributed by atoms with Crippen molar-refractivity contribution < 1.29 is 31.1 Å². The normalized spacial score (nSPS) is 16.8. The van der Waals surface area contributed by atoms with Crippen LogP contribution in [0.5, 0.6) is 11.6 Å². The first-order chi connectivity index (χ1) is 15.5. The Labute approximate surface area is 181 Å². The third-order valence-electron chi connectivity index (χ3n) is 4.86. The maximum absolute atomic E-state index is 14.1. The number of hydrogen-bond acceptors (Lipinski definition) is 5. The van der Waals surface area contributed by atoms with Crippen LogP contribution in [0.25, 0.3) is 10.9 Å². The van der Waals surface area contributed by atoms with Gasteiger partial charge >= 0.3 is 6.18 Å². The minimum atomic E-state index is -4.79. The number of anilines is 1. The second-order valence-electron chi connectivity index (χ2n) is 7.20. The highest BCUT2D eigenvalue weighted by atomic mass is 19.4. The molecule has 1 atom stereocenters. The molecule has 6 nitrogen and oxygen atoms in total. The molecule has 0 amide bonds. The quantitative estimate of drug-likeness (QED) is 0.545. The molecule has 0 bridgehead atoms. The summed E-state index contributed by atoms with van der Waals surface area (Å²) in [5.74, 6) is -2.96. The molecule has 1 aliphatic rings. The fourth-order valence-electron chi connectivity index (χ4n) is 3.32. The summed E-state index contributed by atoms with van der Waals surface area (Å²) in [6, 6.07) is 4.37. The third-order valence-corrected chi connectivity index (χ3v) is 4.86. The van der Waals surface area contributed by atoms with Gasteiger partial charge in [0.1, 0.15) is 29.1 Å². The predicted molar refractivity (Wildman–Crippen MR) is 107 cm³/mol. The fraction of sp³-hybridized carbons (Fsp3) is 0.190. The van der Waals surface area contributed by atoms with E-state index in [1.54, 1.807) is 0 Å². The Bertz CT molecular complexity index is 1360. The summed E-state index contributed by atoms with van der Waals surface area (Å²) >= 11 is 0. The van der Waals surface area contributed by atoms with E-state index in [2.05, 4.69) is 9.97 Å². The molecule has 33 heavy (non-hydrogen) atoms. The zero-order chi connectivity index (χ0) is 23.9. The van der Waals surface area contributed by atoms with Crippen LogP contribution in [-0.2, 0) is 12.7 Å². The molecule has 0 saturated carbocycles. The van der Waals surface area contributed by atoms with Crippen LogP contribution in [0.3, 0.4) is 0 Å². The van der Waals surface area contributed by atoms with Crippen molar-refractivity contribution in [3.05, 3.63) is 76.0 Å². The lowest BCUT2D eigenvalue weighted by Gasteiger charge is -2.17. The number of ether oxygens (including phenoxy) is 1. The van der Waals surface area contributed by atoms with Crippen LogP contribution in [0.1, 0.15) is 12.0 Å². The number of hydrogen-bond donors (Lipinski definition) is 1. The van der Waals surface area contributed by atoms with Gasteiger partial charge in [0.25, 0.3) is 5.56 Å². The number of nitrogens with two attached hydrogens (primary N) is 1. The van der Waals surface area contributed by atoms with Crippen molar-refractivity contribution in [3.63, 3.8) is 0 Å². The zero-order valence-electron chi connectivity index (χ0n) is 16.5. The van der Waals surface area contributed by atoms with Gasteiger partial charge in [-0.1, -0.05) is 0 Å². The third kappa shape index (κ3) is 4.54. The molecule has 2 aromatic heterocycles. The summed E-state index contributed by atoms with van der Waals surface area (Å²) in [5.41, 5.74) is 3.00. The summed E-state index contributed by atoms with van der Waals surface area (Å²) < 4.78 is 87.8. The van der Waals surface area contributed by atoms with Gasteiger partial charge in [-0.25, -0.2) is 18.2 Å². The Morgan fingerprint density at radius 2 is 1.94 bits per heavy atom. The predicted octanol–water partition coefficient (Wildman–Crippen LogP) is 5.00. The van der Waals surface area contributed by atoms with E-state index in [1.165, 1.54) is 16.7 Å². The standard InChI is InChI=1S/C21H14F6N4O2/c22-10-3-16(23)14(17(24)4-10)8-31-9-30-19(32)13-6-12(1-2-18(13)31)33-20-15(21(25,26)27)5-11(28)7-29-20/h1-3,5-7,9-10H,4,8,28H2. The first-order valence-corrected chi connectivity index (χ1v) is 9.42. The number of pyridine rings is 1. The molecule has 1 aliphatic carbocycles. The van der Waals surface area contributed by atoms with Gasteiger partial charge in [0.05, 0.1) is 35.7 Å². The van der Waals surface area contributed by atoms with Crippen molar-refractivity contribution in [1.29, 1.82) is 0 Å². The second-order valence-corrected chi connectivity index (χ2v) is 7.20. The van der Waals surface area contributed by atoms with E-state index in [4.69, 9.17) is 10.5 Å². The van der Waals surface area contributed by atoms with E-state index < -0.39 is 53.0 Å². The largest absolute Gasteiger partial charge is 0.438 e. The number of nitrogen functional groups attached to an aromatic ring is 1. The number of rotatable bonds is 4. The maximum atomic E-state index is 14.1. The minimum absolute atomic E-state index is 0.0800. The lowest BCUT2D eigenvalue weighted by molar-refractivity contribution is -0.138. The van der Waals surface area contributed by atoms with Gasteiger partial charge in [-0.3, -0.25) is 4.79 Å². The number of nitrogens with zero attached hydrogens (tertiary/aromatic N) is 3. The lowest BCUT2D eigenvalue weighted by Crippen LogP contribution is -2.16. The number of halogens is 6. The molecule has 0 aliphatic heterocycles. The van der Waals surface area contributed by atoms with Crippen LogP contribution in [0.4, 0.5) is 32.0 Å². The second kappa shape index (κ2) is 8.26. The molecule has 172 valence electrons. The average molecular weight is 468 g/mol. The number of allylic oxidation sites excluding steroid dienone is 4. The maximum Gasteiger partial charge on any atom is 0.421 e. The first kappa shape index (κ1) is 22.4. The van der Waals surface area contributed by atoms with Gasteiger partial charge in [-0.2, -0.15) is 18.2 Å². The van der Waals surface area contributed by atoms with Gasteiger partial charge in [0.2, 0.25) is 5.88 Å². The molecule has 3 aromatic rings. The molecular formula is C21H14F6N4O2. The van der Waals surface area contributed by atoms with Gasteiger partial charge in [-0.15, -0.1) is 0 Å². The van der Waals surface area contributed by atoms with Crippen LogP contribution in [-0.4, -0.2) is 20.7 Å². The molecule has 0 saturated heterocycles. The molecule has 2 N–H and O–H groups in total. The van der Waals surface area contributed by atoms with Crippen molar-refractivity contribution in [2.24, 2.45) is 0 Å². The molecule has 1 aromatic carbocycles. The first-order valence-electron chi connectivity index (χ1n) is 9.42. The topological polar surface area (TPSA) is 83.0 Å². The highest BCUT2D eigenvalue weighted by Gasteiger charge is 2.36. The van der Waals surface area contributed by atoms with Gasteiger partial charge < -0.3 is 15.0 Å². The molecule has 4 rings (SSSR count). The molecule has 0 spiro atoms. The van der Waals surface area contributed by atoms with Crippen molar-refractivity contribution >= 4 is 16.6 Å². The van der Waals surface area contributed by atoms with Crippen LogP contribution in [0.15, 0.2) is 64.9 Å². The van der Waals surface area contributed by atoms with E-state index >= 15 is 0 Å². The van der Waals surface area contributed by atoms with E-state index in [-0.39, 0.29) is 28.9 Å². The Kier molecular flexibility index (Phi) is 5.60. The van der Waals surface area contributed by atoms with Crippen molar-refractivity contribution in [1.82, 2.24) is 14.5 Å². The van der Waals surface area contributed by atoms with Crippen molar-refractivity contribution in [2.75, 3.05) is 5.73 Å². The summed E-state index contributed by atoms with van der Waals surface area (Å²) in [6.07, 6.45) is -4.49. The minimum Gasteiger partial charge on any atom is -0.438 e. The highest BCUT2D eigenvalue weighted by Crippen LogP contribution is 2.38. The Hall–Kier alpha value is -3.83. The van der Waals surface area contributed by atoms with E-state index in [1.807, 2.05) is 0 Å². The van der Waals surface area contributed by atoms with Crippen LogP contribution >= 0.6 is 0 Å². The zero-order valence-corrected chi connectivity index (χ0v) is 16.5. The van der Waals surface area contributed by atoms with Crippen molar-refractivity contribution in [3.8, 4) is 11.6 Å². The Morgan fingerprint density at radius 1 is 1.18 bits per heavy atom. The molecule has 12 heteroatoms. The van der Waals surface area contributed by atoms with Gasteiger partial charge in [0, 0.05) is 12.0 Å². The molecule has 2 heterocycles. The number of alkyl halides is 4. The number of aromatic nitrogens is 3. The monoisotopic (exact) mass is 468 g/mol. The van der Waals surface area contributed by atoms with E-state index in [0.29, 0.717) is 12.1 Å².